The molecule has 4 rings (SSSR count). The molecule has 3 heterocycles. The minimum Gasteiger partial charge on any atom is -0.481 e. The number of likely N-dealkylation sites (tertiary alicyclic amines) is 1. The number of hydrogen-bond acceptors (Lipinski definition) is 6. The molecule has 3 saturated heterocycles. The summed E-state index contributed by atoms with van der Waals surface area (Å²) in [7, 11) is 0. The fourth-order valence-corrected chi connectivity index (χ4v) is 6.56. The van der Waals surface area contributed by atoms with Gasteiger partial charge in [-0.3, -0.25) is 14.4 Å². The van der Waals surface area contributed by atoms with E-state index in [-0.39, 0.29) is 25.0 Å². The predicted molar refractivity (Wildman–Crippen MR) is 140 cm³/mol. The number of fused-ring (bicyclic) bond motifs is 1. The van der Waals surface area contributed by atoms with Gasteiger partial charge in [0.2, 0.25) is 5.91 Å². The van der Waals surface area contributed by atoms with Gasteiger partial charge >= 0.3 is 5.97 Å². The van der Waals surface area contributed by atoms with E-state index in [1.807, 2.05) is 24.3 Å². The SMILES string of the molecule is C=CCN(C(=O)C1N(CCCCCO)C(=O)[C@@H]2[C@@H](C(=O)O)[C@H]3CCC12O3)c1ccc(N(CC)CC)cc1. The van der Waals surface area contributed by atoms with Gasteiger partial charge in [-0.25, -0.2) is 0 Å². The average Bonchev–Trinajstić information content (AvgIpc) is 3.53. The Hall–Kier alpha value is -2.91. The molecule has 1 spiro atoms. The molecule has 9 heteroatoms. The molecule has 1 aromatic rings. The molecule has 3 aliphatic rings. The van der Waals surface area contributed by atoms with Gasteiger partial charge in [-0.2, -0.15) is 0 Å². The number of aliphatic hydroxyl groups excluding tert-OH is 1. The number of carbonyl (C=O) groups is 3. The number of rotatable bonds is 13. The van der Waals surface area contributed by atoms with Crippen molar-refractivity contribution in [1.29, 1.82) is 0 Å². The molecule has 0 aliphatic carbocycles. The summed E-state index contributed by atoms with van der Waals surface area (Å²) in [6.07, 6.45) is 4.01. The maximum Gasteiger partial charge on any atom is 0.310 e. The number of carbonyl (C=O) groups excluding carboxylic acids is 2. The second-order valence-corrected chi connectivity index (χ2v) is 10.1. The Morgan fingerprint density at radius 2 is 1.84 bits per heavy atom. The zero-order chi connectivity index (χ0) is 26.7. The second-order valence-electron chi connectivity index (χ2n) is 10.1. The summed E-state index contributed by atoms with van der Waals surface area (Å²) in [5, 5.41) is 19.1. The van der Waals surface area contributed by atoms with Crippen LogP contribution in [-0.2, 0) is 19.1 Å². The van der Waals surface area contributed by atoms with E-state index in [0.29, 0.717) is 44.3 Å². The Kier molecular flexibility index (Phi) is 8.23. The number of anilines is 2. The number of hydrogen-bond donors (Lipinski definition) is 2. The summed E-state index contributed by atoms with van der Waals surface area (Å²) in [6, 6.07) is 6.87. The normalized spacial score (nSPS) is 27.9. The van der Waals surface area contributed by atoms with Crippen LogP contribution in [0.4, 0.5) is 11.4 Å². The Morgan fingerprint density at radius 1 is 1.16 bits per heavy atom. The van der Waals surface area contributed by atoms with Crippen LogP contribution < -0.4 is 9.80 Å². The first-order chi connectivity index (χ1) is 17.8. The van der Waals surface area contributed by atoms with Gasteiger partial charge in [0, 0.05) is 44.2 Å². The molecule has 2 unspecified atom stereocenters. The van der Waals surface area contributed by atoms with E-state index in [9.17, 15) is 19.5 Å². The summed E-state index contributed by atoms with van der Waals surface area (Å²) in [6.45, 7) is 10.4. The quantitative estimate of drug-likeness (QED) is 0.308. The van der Waals surface area contributed by atoms with Gasteiger partial charge < -0.3 is 29.6 Å². The molecule has 1 aromatic carbocycles. The highest BCUT2D eigenvalue weighted by Gasteiger charge is 2.74. The summed E-state index contributed by atoms with van der Waals surface area (Å²) in [5.74, 6) is -3.45. The van der Waals surface area contributed by atoms with Crippen LogP contribution in [0.1, 0.15) is 46.0 Å². The lowest BCUT2D eigenvalue weighted by atomic mass is 9.70. The summed E-state index contributed by atoms with van der Waals surface area (Å²) in [4.78, 5) is 45.6. The van der Waals surface area contributed by atoms with Crippen LogP contribution in [0, 0.1) is 11.8 Å². The first-order valence-electron chi connectivity index (χ1n) is 13.4. The maximum atomic E-state index is 14.3. The molecule has 5 atom stereocenters. The fourth-order valence-electron chi connectivity index (χ4n) is 6.56. The summed E-state index contributed by atoms with van der Waals surface area (Å²) in [5.41, 5.74) is 0.608. The highest BCUT2D eigenvalue weighted by atomic mass is 16.5. The molecule has 2 amide bonds. The molecule has 202 valence electrons. The number of carboxylic acid groups (broad SMARTS) is 1. The third-order valence-electron chi connectivity index (χ3n) is 8.24. The van der Waals surface area contributed by atoms with Crippen LogP contribution in [0.15, 0.2) is 36.9 Å². The Balaban J connectivity index is 1.69. The highest BCUT2D eigenvalue weighted by Crippen LogP contribution is 2.58. The minimum absolute atomic E-state index is 0.0609. The average molecular weight is 514 g/mol. The molecule has 2 N–H and O–H groups in total. The van der Waals surface area contributed by atoms with Gasteiger partial charge in [0.1, 0.15) is 11.6 Å². The van der Waals surface area contributed by atoms with Gasteiger partial charge in [-0.1, -0.05) is 6.08 Å². The minimum atomic E-state index is -1.14. The second kappa shape index (κ2) is 11.2. The topological polar surface area (TPSA) is 111 Å². The first kappa shape index (κ1) is 27.1. The molecule has 0 radical (unpaired) electrons. The molecule has 2 bridgehead atoms. The molecular formula is C28H39N3O6. The third kappa shape index (κ3) is 4.63. The zero-order valence-corrected chi connectivity index (χ0v) is 21.8. The number of ether oxygens (including phenoxy) is 1. The number of nitrogens with zero attached hydrogens (tertiary/aromatic N) is 3. The molecule has 3 aliphatic heterocycles. The van der Waals surface area contributed by atoms with E-state index >= 15 is 0 Å². The van der Waals surface area contributed by atoms with Crippen molar-refractivity contribution in [3.05, 3.63) is 36.9 Å². The molecule has 0 aromatic heterocycles. The van der Waals surface area contributed by atoms with E-state index in [1.165, 1.54) is 0 Å². The van der Waals surface area contributed by atoms with E-state index < -0.39 is 35.6 Å². The number of unbranched alkanes of at least 4 members (excludes halogenated alkanes) is 2. The van der Waals surface area contributed by atoms with Crippen molar-refractivity contribution < 1.29 is 29.3 Å². The number of benzene rings is 1. The van der Waals surface area contributed by atoms with Gasteiger partial charge in [0.15, 0.2) is 0 Å². The van der Waals surface area contributed by atoms with Crippen molar-refractivity contribution in [2.45, 2.75) is 63.7 Å². The maximum absolute atomic E-state index is 14.3. The zero-order valence-electron chi connectivity index (χ0n) is 21.8. The van der Waals surface area contributed by atoms with Crippen LogP contribution in [0.25, 0.3) is 0 Å². The lowest BCUT2D eigenvalue weighted by Gasteiger charge is -2.37. The number of carboxylic acids is 1. The van der Waals surface area contributed by atoms with Crippen molar-refractivity contribution in [3.8, 4) is 0 Å². The fraction of sp³-hybridized carbons (Fsp3) is 0.607. The van der Waals surface area contributed by atoms with E-state index in [1.54, 1.807) is 15.9 Å². The predicted octanol–water partition coefficient (Wildman–Crippen LogP) is 2.67. The van der Waals surface area contributed by atoms with Crippen LogP contribution in [0.2, 0.25) is 0 Å². The van der Waals surface area contributed by atoms with Crippen LogP contribution in [-0.4, -0.2) is 83.4 Å². The Morgan fingerprint density at radius 3 is 2.43 bits per heavy atom. The van der Waals surface area contributed by atoms with Crippen molar-refractivity contribution in [2.24, 2.45) is 11.8 Å². The largest absolute Gasteiger partial charge is 0.481 e. The number of amides is 2. The van der Waals surface area contributed by atoms with Crippen molar-refractivity contribution in [1.82, 2.24) is 4.90 Å². The van der Waals surface area contributed by atoms with Gasteiger partial charge in [-0.05, 0) is 70.2 Å². The number of aliphatic hydroxyl groups is 1. The Labute approximate surface area is 218 Å². The van der Waals surface area contributed by atoms with Gasteiger partial charge in [0.25, 0.3) is 5.91 Å². The summed E-state index contributed by atoms with van der Waals surface area (Å²) >= 11 is 0. The van der Waals surface area contributed by atoms with E-state index in [4.69, 9.17) is 9.84 Å². The van der Waals surface area contributed by atoms with Crippen molar-refractivity contribution in [3.63, 3.8) is 0 Å². The van der Waals surface area contributed by atoms with Crippen LogP contribution in [0.5, 0.6) is 0 Å². The Bertz CT molecular complexity index is 1010. The van der Waals surface area contributed by atoms with E-state index in [0.717, 1.165) is 18.8 Å². The standard InChI is InChI=1S/C28H39N3O6/c1-4-16-30(20-12-10-19(11-13-20)29(5-2)6-3)26(34)24-28-15-14-21(37-28)22(27(35)36)23(28)25(33)31(24)17-8-7-9-18-32/h4,10-13,21-24,32H,1,5-9,14-18H2,2-3H3,(H,35,36)/t21-,22+,23+,24?,28?/m1/s1. The summed E-state index contributed by atoms with van der Waals surface area (Å²) < 4.78 is 6.30. The van der Waals surface area contributed by atoms with Gasteiger partial charge in [-0.15, -0.1) is 6.58 Å². The van der Waals surface area contributed by atoms with Crippen molar-refractivity contribution >= 4 is 29.2 Å². The third-order valence-corrected chi connectivity index (χ3v) is 8.24. The molecule has 37 heavy (non-hydrogen) atoms. The lowest BCUT2D eigenvalue weighted by molar-refractivity contribution is -0.149. The lowest BCUT2D eigenvalue weighted by Crippen LogP contribution is -2.56. The van der Waals surface area contributed by atoms with E-state index in [2.05, 4.69) is 25.3 Å². The monoisotopic (exact) mass is 513 g/mol. The highest BCUT2D eigenvalue weighted by molar-refractivity contribution is 6.04. The molecule has 9 nitrogen and oxygen atoms in total. The van der Waals surface area contributed by atoms with Crippen molar-refractivity contribution in [2.75, 3.05) is 42.6 Å². The first-order valence-corrected chi connectivity index (χ1v) is 13.4. The molecular weight excluding hydrogens is 474 g/mol. The van der Waals surface area contributed by atoms with Gasteiger partial charge in [0.05, 0.1) is 17.9 Å². The smallest absolute Gasteiger partial charge is 0.310 e. The molecule has 3 fully saturated rings. The van der Waals surface area contributed by atoms with Crippen LogP contribution >= 0.6 is 0 Å². The van der Waals surface area contributed by atoms with Crippen LogP contribution in [0.3, 0.4) is 0 Å². The number of aliphatic carboxylic acids is 1. The molecule has 0 saturated carbocycles.